The zero-order valence-electron chi connectivity index (χ0n) is 27.2. The average molecular weight is 701 g/mol. The summed E-state index contributed by atoms with van der Waals surface area (Å²) < 4.78 is 7.67. The van der Waals surface area contributed by atoms with E-state index >= 15 is 0 Å². The number of carbonyl (C=O) groups is 1. The number of hydrogen-bond donors (Lipinski definition) is 4. The highest BCUT2D eigenvalue weighted by atomic mass is 35.5. The van der Waals surface area contributed by atoms with Crippen LogP contribution in [-0.4, -0.2) is 69.9 Å². The number of hydrogen-bond acceptors (Lipinski definition) is 7. The maximum absolute atomic E-state index is 11.5. The Morgan fingerprint density at radius 1 is 0.980 bits per heavy atom. The highest BCUT2D eigenvalue weighted by Crippen LogP contribution is 2.39. The van der Waals surface area contributed by atoms with Gasteiger partial charge in [-0.25, -0.2) is 0 Å². The van der Waals surface area contributed by atoms with Crippen LogP contribution in [0.2, 0.25) is 10.0 Å². The molecule has 5 aromatic rings. The third-order valence-corrected chi connectivity index (χ3v) is 10.4. The third-order valence-electron chi connectivity index (χ3n) is 9.62. The summed E-state index contributed by atoms with van der Waals surface area (Å²) in [7, 11) is 1.65. The first-order valence-corrected chi connectivity index (χ1v) is 17.3. The molecule has 1 atom stereocenters. The van der Waals surface area contributed by atoms with Crippen molar-refractivity contribution in [2.24, 2.45) is 5.92 Å². The van der Waals surface area contributed by atoms with Crippen molar-refractivity contribution in [3.8, 4) is 28.0 Å². The molecule has 0 spiro atoms. The number of fused-ring (bicyclic) bond motifs is 1. The standard InChI is InChI=1S/C38H39Cl2N5O4/c1-49-35-15-25(33(39)14-26(35)19-44-20-27(21-44)38(47)48)22-45-34-7-3-5-30(32(34)18-42-45)31-6-2-4-29(37(31)40)24-10-8-23(9-11-24)16-41-17-28-12-13-36(46)43-28/h2-11,14-15,18,27-28,38,41,47-48H,12-13,16-17,19-22H2,1H3,(H,43,46)/t28-/m0/s1. The molecule has 0 unspecified atom stereocenters. The molecule has 254 valence electrons. The number of methoxy groups -OCH3 is 1. The van der Waals surface area contributed by atoms with Gasteiger partial charge < -0.3 is 25.6 Å². The maximum atomic E-state index is 11.5. The van der Waals surface area contributed by atoms with Crippen LogP contribution in [0.4, 0.5) is 0 Å². The predicted molar refractivity (Wildman–Crippen MR) is 193 cm³/mol. The van der Waals surface area contributed by atoms with Crippen LogP contribution in [-0.2, 0) is 24.4 Å². The molecule has 2 aliphatic rings. The maximum Gasteiger partial charge on any atom is 0.220 e. The smallest absolute Gasteiger partial charge is 0.220 e. The van der Waals surface area contributed by atoms with Crippen molar-refractivity contribution < 1.29 is 19.7 Å². The fourth-order valence-electron chi connectivity index (χ4n) is 6.85. The highest BCUT2D eigenvalue weighted by Gasteiger charge is 2.32. The summed E-state index contributed by atoms with van der Waals surface area (Å²) >= 11 is 13.9. The van der Waals surface area contributed by atoms with E-state index in [9.17, 15) is 15.0 Å². The van der Waals surface area contributed by atoms with Gasteiger partial charge in [0.2, 0.25) is 5.91 Å². The van der Waals surface area contributed by atoms with Gasteiger partial charge in [0.25, 0.3) is 0 Å². The van der Waals surface area contributed by atoms with Crippen molar-refractivity contribution in [2.45, 2.75) is 44.8 Å². The van der Waals surface area contributed by atoms with E-state index in [-0.39, 0.29) is 17.9 Å². The number of aromatic nitrogens is 2. The van der Waals surface area contributed by atoms with E-state index < -0.39 is 6.29 Å². The minimum atomic E-state index is -1.29. The topological polar surface area (TPSA) is 112 Å². The van der Waals surface area contributed by atoms with E-state index in [4.69, 9.17) is 33.0 Å². The molecule has 0 radical (unpaired) electrons. The van der Waals surface area contributed by atoms with Crippen LogP contribution in [0.5, 0.6) is 5.75 Å². The number of aliphatic hydroxyl groups is 2. The molecular weight excluding hydrogens is 661 g/mol. The fraction of sp³-hybridized carbons (Fsp3) is 0.316. The van der Waals surface area contributed by atoms with E-state index in [2.05, 4.69) is 45.9 Å². The fourth-order valence-corrected chi connectivity index (χ4v) is 7.43. The predicted octanol–water partition coefficient (Wildman–Crippen LogP) is 5.84. The van der Waals surface area contributed by atoms with Gasteiger partial charge in [0.15, 0.2) is 6.29 Å². The Morgan fingerprint density at radius 2 is 1.73 bits per heavy atom. The van der Waals surface area contributed by atoms with Gasteiger partial charge in [-0.3, -0.25) is 14.4 Å². The van der Waals surface area contributed by atoms with Crippen LogP contribution in [0, 0.1) is 5.92 Å². The van der Waals surface area contributed by atoms with E-state index in [1.807, 2.05) is 53.3 Å². The van der Waals surface area contributed by atoms with Crippen molar-refractivity contribution >= 4 is 40.0 Å². The van der Waals surface area contributed by atoms with E-state index in [0.29, 0.717) is 42.6 Å². The lowest BCUT2D eigenvalue weighted by atomic mass is 9.96. The number of carbonyl (C=O) groups excluding carboxylic acids is 1. The van der Waals surface area contributed by atoms with Crippen LogP contribution in [0.3, 0.4) is 0 Å². The molecule has 0 bridgehead atoms. The molecule has 0 aliphatic carbocycles. The Bertz CT molecular complexity index is 1970. The van der Waals surface area contributed by atoms with E-state index in [1.54, 1.807) is 7.11 Å². The van der Waals surface area contributed by atoms with Gasteiger partial charge in [0.1, 0.15) is 5.75 Å². The number of aliphatic hydroxyl groups excluding tert-OH is 1. The molecule has 7 rings (SSSR count). The van der Waals surface area contributed by atoms with Crippen molar-refractivity contribution in [3.63, 3.8) is 0 Å². The van der Waals surface area contributed by atoms with Gasteiger partial charge in [-0.2, -0.15) is 5.10 Å². The van der Waals surface area contributed by atoms with Crippen molar-refractivity contribution in [1.29, 1.82) is 0 Å². The first-order chi connectivity index (χ1) is 23.8. The number of benzene rings is 4. The number of halogens is 2. The summed E-state index contributed by atoms with van der Waals surface area (Å²) in [5.41, 5.74) is 7.87. The molecule has 0 saturated carbocycles. The Morgan fingerprint density at radius 3 is 2.47 bits per heavy atom. The minimum Gasteiger partial charge on any atom is -0.496 e. The van der Waals surface area contributed by atoms with Crippen LogP contribution in [0.25, 0.3) is 33.2 Å². The van der Waals surface area contributed by atoms with Gasteiger partial charge >= 0.3 is 0 Å². The Balaban J connectivity index is 1.08. The SMILES string of the molecule is COc1cc(Cn2ncc3c(-c4cccc(-c5ccc(CNC[C@@H]6CCC(=O)N6)cc5)c4Cl)cccc32)c(Cl)cc1CN1CC(C(O)O)C1. The number of nitrogens with one attached hydrogen (secondary N) is 2. The number of nitrogens with zero attached hydrogens (tertiary/aromatic N) is 3. The van der Waals surface area contributed by atoms with Crippen molar-refractivity contribution in [1.82, 2.24) is 25.3 Å². The molecule has 9 nitrogen and oxygen atoms in total. The molecule has 2 aliphatic heterocycles. The molecule has 2 saturated heterocycles. The monoisotopic (exact) mass is 699 g/mol. The van der Waals surface area contributed by atoms with Crippen LogP contribution < -0.4 is 15.4 Å². The van der Waals surface area contributed by atoms with Crippen LogP contribution in [0.1, 0.15) is 29.5 Å². The minimum absolute atomic E-state index is 0.129. The lowest BCUT2D eigenvalue weighted by Gasteiger charge is -2.40. The molecule has 4 aromatic carbocycles. The summed E-state index contributed by atoms with van der Waals surface area (Å²) in [5.74, 6) is 0.737. The summed E-state index contributed by atoms with van der Waals surface area (Å²) in [6, 6.07) is 24.8. The molecule has 49 heavy (non-hydrogen) atoms. The van der Waals surface area contributed by atoms with Crippen LogP contribution in [0.15, 0.2) is 79.0 Å². The van der Waals surface area contributed by atoms with Crippen molar-refractivity contribution in [2.75, 3.05) is 26.7 Å². The van der Waals surface area contributed by atoms with Gasteiger partial charge in [-0.15, -0.1) is 0 Å². The summed E-state index contributed by atoms with van der Waals surface area (Å²) in [5, 5.41) is 32.3. The second-order valence-corrected chi connectivity index (χ2v) is 13.7. The third kappa shape index (κ3) is 7.19. The largest absolute Gasteiger partial charge is 0.496 e. The normalized spacial score (nSPS) is 16.8. The molecule has 1 amide bonds. The Kier molecular flexibility index (Phi) is 9.91. The Hall–Kier alpha value is -3.96. The highest BCUT2D eigenvalue weighted by molar-refractivity contribution is 6.36. The van der Waals surface area contributed by atoms with E-state index in [1.165, 1.54) is 0 Å². The molecule has 3 heterocycles. The molecule has 4 N–H and O–H groups in total. The van der Waals surface area contributed by atoms with Crippen molar-refractivity contribution in [3.05, 3.63) is 106 Å². The van der Waals surface area contributed by atoms with Gasteiger partial charge in [-0.1, -0.05) is 77.8 Å². The second kappa shape index (κ2) is 14.5. The quantitative estimate of drug-likeness (QED) is 0.121. The summed E-state index contributed by atoms with van der Waals surface area (Å²) in [6.07, 6.45) is 2.08. The number of rotatable bonds is 12. The van der Waals surface area contributed by atoms with Gasteiger partial charge in [0, 0.05) is 78.2 Å². The number of amides is 1. The first kappa shape index (κ1) is 33.5. The van der Waals surface area contributed by atoms with E-state index in [0.717, 1.165) is 75.1 Å². The summed E-state index contributed by atoms with van der Waals surface area (Å²) in [6.45, 7) is 3.78. The second-order valence-electron chi connectivity index (χ2n) is 13.0. The lowest BCUT2D eigenvalue weighted by Crippen LogP contribution is -2.51. The summed E-state index contributed by atoms with van der Waals surface area (Å²) in [4.78, 5) is 13.6. The Labute approximate surface area is 295 Å². The average Bonchev–Trinajstić information content (AvgIpc) is 3.69. The molecule has 2 fully saturated rings. The van der Waals surface area contributed by atoms with Crippen LogP contribution >= 0.6 is 23.2 Å². The number of ether oxygens (including phenoxy) is 1. The van der Waals surface area contributed by atoms with Gasteiger partial charge in [-0.05, 0) is 46.9 Å². The molecular formula is C38H39Cl2N5O4. The lowest BCUT2D eigenvalue weighted by molar-refractivity contribution is -0.130. The first-order valence-electron chi connectivity index (χ1n) is 16.5. The zero-order valence-corrected chi connectivity index (χ0v) is 28.7. The zero-order chi connectivity index (χ0) is 34.1. The van der Waals surface area contributed by atoms with Gasteiger partial charge in [0.05, 0.1) is 30.4 Å². The molecule has 11 heteroatoms. The number of likely N-dealkylation sites (tertiary alicyclic amines) is 1. The molecule has 1 aromatic heterocycles.